The summed E-state index contributed by atoms with van der Waals surface area (Å²) in [5.74, 6) is 0.714. The Labute approximate surface area is 113 Å². The summed E-state index contributed by atoms with van der Waals surface area (Å²) in [4.78, 5) is 14.1. The predicted molar refractivity (Wildman–Crippen MR) is 70.0 cm³/mol. The summed E-state index contributed by atoms with van der Waals surface area (Å²) in [6.07, 6.45) is 4.14. The molecule has 1 N–H and O–H groups in total. The molecule has 0 unspecified atom stereocenters. The van der Waals surface area contributed by atoms with E-state index in [1.54, 1.807) is 19.3 Å². The van der Waals surface area contributed by atoms with Crippen LogP contribution in [-0.2, 0) is 4.74 Å². The van der Waals surface area contributed by atoms with Gasteiger partial charge < -0.3 is 19.2 Å². The first kappa shape index (κ1) is 14.1. The maximum atomic E-state index is 12.2. The number of amides is 1. The molecule has 0 saturated carbocycles. The zero-order chi connectivity index (χ0) is 13.7. The first-order valence-electron chi connectivity index (χ1n) is 6.78. The molecule has 5 nitrogen and oxygen atoms in total. The van der Waals surface area contributed by atoms with Crippen LogP contribution in [0.1, 0.15) is 35.4 Å². The second kappa shape index (κ2) is 6.73. The van der Waals surface area contributed by atoms with E-state index < -0.39 is 0 Å². The van der Waals surface area contributed by atoms with Crippen molar-refractivity contribution in [1.82, 2.24) is 4.90 Å². The molecule has 2 heterocycles. The summed E-state index contributed by atoms with van der Waals surface area (Å²) < 4.78 is 10.8. The molecule has 0 bridgehead atoms. The van der Waals surface area contributed by atoms with Gasteiger partial charge in [0.1, 0.15) is 5.76 Å². The van der Waals surface area contributed by atoms with E-state index in [4.69, 9.17) is 14.3 Å². The third kappa shape index (κ3) is 3.58. The quantitative estimate of drug-likeness (QED) is 0.823. The number of ether oxygens (including phenoxy) is 1. The van der Waals surface area contributed by atoms with Crippen molar-refractivity contribution in [3.63, 3.8) is 0 Å². The van der Waals surface area contributed by atoms with E-state index in [0.717, 1.165) is 12.8 Å². The third-order valence-corrected chi connectivity index (χ3v) is 3.47. The molecule has 0 spiro atoms. The minimum atomic E-state index is 0.0417. The molecule has 1 amide bonds. The number of aryl methyl sites for hydroxylation is 1. The molecule has 1 aliphatic heterocycles. The van der Waals surface area contributed by atoms with Gasteiger partial charge in [-0.2, -0.15) is 0 Å². The highest BCUT2D eigenvalue weighted by molar-refractivity contribution is 5.95. The Morgan fingerprint density at radius 2 is 2.26 bits per heavy atom. The number of hydrogen-bond donors (Lipinski definition) is 1. The maximum Gasteiger partial charge on any atom is 0.257 e. The first-order chi connectivity index (χ1) is 9.22. The zero-order valence-corrected chi connectivity index (χ0v) is 11.3. The number of aliphatic hydroxyl groups is 1. The lowest BCUT2D eigenvalue weighted by Crippen LogP contribution is -2.41. The van der Waals surface area contributed by atoms with Crippen LogP contribution in [0.3, 0.4) is 0 Å². The van der Waals surface area contributed by atoms with Gasteiger partial charge in [-0.3, -0.25) is 4.79 Å². The Kier molecular flexibility index (Phi) is 4.99. The summed E-state index contributed by atoms with van der Waals surface area (Å²) in [5.41, 5.74) is 0.652. The zero-order valence-electron chi connectivity index (χ0n) is 11.3. The second-order valence-electron chi connectivity index (χ2n) is 4.83. The smallest absolute Gasteiger partial charge is 0.257 e. The van der Waals surface area contributed by atoms with Gasteiger partial charge in [-0.25, -0.2) is 0 Å². The van der Waals surface area contributed by atoms with Gasteiger partial charge in [-0.1, -0.05) is 0 Å². The molecule has 0 atom stereocenters. The Morgan fingerprint density at radius 1 is 1.53 bits per heavy atom. The summed E-state index contributed by atoms with van der Waals surface area (Å²) in [7, 11) is 0. The molecule has 2 rings (SSSR count). The van der Waals surface area contributed by atoms with E-state index in [9.17, 15) is 4.79 Å². The van der Waals surface area contributed by atoms with Crippen molar-refractivity contribution in [3.8, 4) is 0 Å². The van der Waals surface area contributed by atoms with Crippen LogP contribution in [0.4, 0.5) is 0 Å². The van der Waals surface area contributed by atoms with Crippen molar-refractivity contribution in [2.24, 2.45) is 0 Å². The van der Waals surface area contributed by atoms with Gasteiger partial charge in [0.15, 0.2) is 0 Å². The van der Waals surface area contributed by atoms with Gasteiger partial charge >= 0.3 is 0 Å². The fraction of sp³-hybridized carbons (Fsp3) is 0.643. The van der Waals surface area contributed by atoms with Crippen LogP contribution in [0.2, 0.25) is 0 Å². The molecule has 0 aromatic carbocycles. The lowest BCUT2D eigenvalue weighted by molar-refractivity contribution is 0.00394. The first-order valence-corrected chi connectivity index (χ1v) is 6.78. The average molecular weight is 267 g/mol. The summed E-state index contributed by atoms with van der Waals surface area (Å²) in [6.45, 7) is 3.99. The Hall–Kier alpha value is -1.33. The molecular formula is C14H21NO4. The lowest BCUT2D eigenvalue weighted by atomic mass is 10.1. The maximum absolute atomic E-state index is 12.2. The predicted octanol–water partition coefficient (Wildman–Crippen LogP) is 1.59. The number of likely N-dealkylation sites (tertiary alicyclic amines) is 1. The van der Waals surface area contributed by atoms with Gasteiger partial charge in [0.25, 0.3) is 5.91 Å². The number of piperidine rings is 1. The summed E-state index contributed by atoms with van der Waals surface area (Å²) in [6, 6.07) is 1.72. The van der Waals surface area contributed by atoms with Gasteiger partial charge in [0.05, 0.1) is 17.9 Å². The number of rotatable bonds is 5. The number of aliphatic hydroxyl groups excluding tert-OH is 1. The Morgan fingerprint density at radius 3 is 2.84 bits per heavy atom. The topological polar surface area (TPSA) is 62.9 Å². The van der Waals surface area contributed by atoms with Crippen molar-refractivity contribution in [2.45, 2.75) is 32.3 Å². The van der Waals surface area contributed by atoms with E-state index in [1.807, 2.05) is 4.90 Å². The minimum absolute atomic E-state index is 0.0417. The van der Waals surface area contributed by atoms with Gasteiger partial charge in [-0.15, -0.1) is 0 Å². The van der Waals surface area contributed by atoms with E-state index in [2.05, 4.69) is 0 Å². The molecule has 0 radical (unpaired) electrons. The monoisotopic (exact) mass is 267 g/mol. The van der Waals surface area contributed by atoms with Gasteiger partial charge in [0.2, 0.25) is 0 Å². The van der Waals surface area contributed by atoms with Crippen molar-refractivity contribution in [3.05, 3.63) is 23.7 Å². The lowest BCUT2D eigenvalue weighted by Gasteiger charge is -2.31. The van der Waals surface area contributed by atoms with Crippen molar-refractivity contribution < 1.29 is 19.1 Å². The summed E-state index contributed by atoms with van der Waals surface area (Å²) >= 11 is 0. The molecule has 19 heavy (non-hydrogen) atoms. The highest BCUT2D eigenvalue weighted by atomic mass is 16.5. The van der Waals surface area contributed by atoms with Crippen LogP contribution in [0.5, 0.6) is 0 Å². The molecule has 1 saturated heterocycles. The van der Waals surface area contributed by atoms with E-state index in [1.165, 1.54) is 0 Å². The summed E-state index contributed by atoms with van der Waals surface area (Å²) in [5, 5.41) is 8.70. The van der Waals surface area contributed by atoms with Crippen molar-refractivity contribution >= 4 is 5.91 Å². The highest BCUT2D eigenvalue weighted by Crippen LogP contribution is 2.18. The number of carbonyl (C=O) groups excluding carboxylic acids is 1. The van der Waals surface area contributed by atoms with E-state index in [-0.39, 0.29) is 18.6 Å². The molecule has 1 aromatic heterocycles. The van der Waals surface area contributed by atoms with Gasteiger partial charge in [0, 0.05) is 26.3 Å². The fourth-order valence-corrected chi connectivity index (χ4v) is 2.32. The van der Waals surface area contributed by atoms with Crippen LogP contribution in [0.15, 0.2) is 16.7 Å². The van der Waals surface area contributed by atoms with Crippen molar-refractivity contribution in [2.75, 3.05) is 26.3 Å². The number of hydrogen-bond acceptors (Lipinski definition) is 4. The SMILES string of the molecule is Cc1occc1C(=O)N1CCC(OCCCO)CC1. The molecule has 1 fully saturated rings. The van der Waals surface area contributed by atoms with Gasteiger partial charge in [-0.05, 0) is 32.3 Å². The molecule has 0 aliphatic carbocycles. The molecular weight excluding hydrogens is 246 g/mol. The van der Waals surface area contributed by atoms with Crippen LogP contribution in [0.25, 0.3) is 0 Å². The number of carbonyl (C=O) groups is 1. The Balaban J connectivity index is 1.80. The minimum Gasteiger partial charge on any atom is -0.469 e. The molecule has 106 valence electrons. The molecule has 1 aromatic rings. The van der Waals surface area contributed by atoms with E-state index in [0.29, 0.717) is 37.4 Å². The standard InChI is InChI=1S/C14H21NO4/c1-11-13(5-10-18-11)14(17)15-6-3-12(4-7-15)19-9-2-8-16/h5,10,12,16H,2-4,6-9H2,1H3. The number of nitrogens with zero attached hydrogens (tertiary/aromatic N) is 1. The second-order valence-corrected chi connectivity index (χ2v) is 4.83. The normalized spacial score (nSPS) is 16.8. The average Bonchev–Trinajstić information content (AvgIpc) is 2.85. The highest BCUT2D eigenvalue weighted by Gasteiger charge is 2.25. The Bertz CT molecular complexity index is 407. The van der Waals surface area contributed by atoms with Crippen LogP contribution < -0.4 is 0 Å². The van der Waals surface area contributed by atoms with Crippen LogP contribution in [-0.4, -0.2) is 48.3 Å². The van der Waals surface area contributed by atoms with Crippen LogP contribution >= 0.6 is 0 Å². The van der Waals surface area contributed by atoms with E-state index >= 15 is 0 Å². The largest absolute Gasteiger partial charge is 0.469 e. The third-order valence-electron chi connectivity index (χ3n) is 3.47. The van der Waals surface area contributed by atoms with Crippen molar-refractivity contribution in [1.29, 1.82) is 0 Å². The number of furan rings is 1. The van der Waals surface area contributed by atoms with Crippen LogP contribution in [0, 0.1) is 6.92 Å². The molecule has 5 heteroatoms. The molecule has 1 aliphatic rings. The fourth-order valence-electron chi connectivity index (χ4n) is 2.32.